The van der Waals surface area contributed by atoms with E-state index in [-0.39, 0.29) is 10.8 Å². The third-order valence-electron chi connectivity index (χ3n) is 2.28. The van der Waals surface area contributed by atoms with Gasteiger partial charge < -0.3 is 10.5 Å². The second kappa shape index (κ2) is 5.33. The molecule has 8 heteroatoms. The number of halogens is 1. The molecule has 0 bridgehead atoms. The van der Waals surface area contributed by atoms with Crippen LogP contribution in [0.25, 0.3) is 10.6 Å². The molecule has 0 saturated carbocycles. The number of amides is 1. The van der Waals surface area contributed by atoms with Crippen molar-refractivity contribution in [2.24, 2.45) is 5.73 Å². The van der Waals surface area contributed by atoms with Crippen LogP contribution in [0, 0.1) is 0 Å². The number of nitrogens with two attached hydrogens (primary N) is 1. The van der Waals surface area contributed by atoms with E-state index < -0.39 is 11.9 Å². The average molecular weight is 298 g/mol. The van der Waals surface area contributed by atoms with Crippen molar-refractivity contribution in [2.75, 3.05) is 7.11 Å². The summed E-state index contributed by atoms with van der Waals surface area (Å²) in [4.78, 5) is 31.0. The van der Waals surface area contributed by atoms with Gasteiger partial charge in [-0.15, -0.1) is 11.3 Å². The third-order valence-corrected chi connectivity index (χ3v) is 3.40. The van der Waals surface area contributed by atoms with Crippen LogP contribution in [0.2, 0.25) is 5.28 Å². The van der Waals surface area contributed by atoms with Gasteiger partial charge in [0.25, 0.3) is 5.91 Å². The maximum atomic E-state index is 11.4. The fourth-order valence-corrected chi connectivity index (χ4v) is 2.43. The first-order valence-corrected chi connectivity index (χ1v) is 6.28. The lowest BCUT2D eigenvalue weighted by atomic mass is 10.2. The van der Waals surface area contributed by atoms with Crippen molar-refractivity contribution in [1.82, 2.24) is 9.97 Å². The first-order valence-electron chi connectivity index (χ1n) is 5.02. The van der Waals surface area contributed by atoms with Crippen molar-refractivity contribution in [2.45, 2.75) is 0 Å². The van der Waals surface area contributed by atoms with Gasteiger partial charge >= 0.3 is 5.97 Å². The van der Waals surface area contributed by atoms with Crippen LogP contribution in [-0.4, -0.2) is 29.0 Å². The summed E-state index contributed by atoms with van der Waals surface area (Å²) in [6, 6.07) is 1.56. The molecule has 0 radical (unpaired) electrons. The molecule has 0 fully saturated rings. The molecule has 2 aromatic heterocycles. The molecular weight excluding hydrogens is 290 g/mol. The normalized spacial score (nSPS) is 10.2. The largest absolute Gasteiger partial charge is 0.465 e. The van der Waals surface area contributed by atoms with Crippen molar-refractivity contribution in [3.8, 4) is 10.6 Å². The highest BCUT2D eigenvalue weighted by Gasteiger charge is 2.17. The van der Waals surface area contributed by atoms with Gasteiger partial charge in [-0.05, 0) is 17.7 Å². The van der Waals surface area contributed by atoms with Crippen LogP contribution >= 0.6 is 22.9 Å². The predicted octanol–water partition coefficient (Wildman–Crippen LogP) is 1.74. The van der Waals surface area contributed by atoms with Crippen LogP contribution < -0.4 is 5.73 Å². The quantitative estimate of drug-likeness (QED) is 0.688. The van der Waals surface area contributed by atoms with Crippen molar-refractivity contribution in [1.29, 1.82) is 0 Å². The lowest BCUT2D eigenvalue weighted by Gasteiger charge is -2.02. The van der Waals surface area contributed by atoms with Gasteiger partial charge in [0.2, 0.25) is 5.28 Å². The Hall–Kier alpha value is -1.99. The van der Waals surface area contributed by atoms with E-state index in [1.54, 1.807) is 11.4 Å². The lowest BCUT2D eigenvalue weighted by Crippen LogP contribution is -2.13. The van der Waals surface area contributed by atoms with Crippen molar-refractivity contribution in [3.05, 3.63) is 34.1 Å². The number of hydrogen-bond donors (Lipinski definition) is 1. The zero-order valence-electron chi connectivity index (χ0n) is 9.71. The number of ether oxygens (including phenoxy) is 1. The smallest absolute Gasteiger partial charge is 0.338 e. The number of methoxy groups -OCH3 is 1. The summed E-state index contributed by atoms with van der Waals surface area (Å²) < 4.78 is 4.60. The Morgan fingerprint density at radius 2 is 2.21 bits per heavy atom. The Morgan fingerprint density at radius 1 is 1.47 bits per heavy atom. The standard InChI is InChI=1S/C11H8ClN3O3S/c1-18-10(17)5-2-7(19-4-5)8-6(9(13)16)3-14-11(12)15-8/h2-4H,1H3,(H2,13,16). The van der Waals surface area contributed by atoms with Crippen LogP contribution in [0.4, 0.5) is 0 Å². The fourth-order valence-electron chi connectivity index (χ4n) is 1.41. The SMILES string of the molecule is COC(=O)c1csc(-c2nc(Cl)ncc2C(N)=O)c1. The van der Waals surface area contributed by atoms with E-state index in [4.69, 9.17) is 17.3 Å². The topological polar surface area (TPSA) is 95.2 Å². The van der Waals surface area contributed by atoms with E-state index in [1.807, 2.05) is 0 Å². The van der Waals surface area contributed by atoms with E-state index >= 15 is 0 Å². The second-order valence-corrected chi connectivity index (χ2v) is 4.71. The summed E-state index contributed by atoms with van der Waals surface area (Å²) in [7, 11) is 1.29. The molecule has 0 atom stereocenters. The minimum atomic E-state index is -0.667. The van der Waals surface area contributed by atoms with Crippen molar-refractivity contribution in [3.63, 3.8) is 0 Å². The number of primary amides is 1. The molecule has 0 unspecified atom stereocenters. The minimum absolute atomic E-state index is 0.00646. The molecule has 6 nitrogen and oxygen atoms in total. The van der Waals surface area contributed by atoms with Gasteiger partial charge in [0.15, 0.2) is 0 Å². The Bertz CT molecular complexity index is 656. The van der Waals surface area contributed by atoms with E-state index in [9.17, 15) is 9.59 Å². The number of thiophene rings is 1. The van der Waals surface area contributed by atoms with Crippen LogP contribution in [-0.2, 0) is 4.74 Å². The van der Waals surface area contributed by atoms with Gasteiger partial charge in [0, 0.05) is 11.6 Å². The van der Waals surface area contributed by atoms with Gasteiger partial charge in [-0.1, -0.05) is 0 Å². The summed E-state index contributed by atoms with van der Waals surface area (Å²) >= 11 is 6.94. The Labute approximate surface area is 117 Å². The van der Waals surface area contributed by atoms with E-state index in [1.165, 1.54) is 24.6 Å². The van der Waals surface area contributed by atoms with Gasteiger partial charge in [-0.3, -0.25) is 4.79 Å². The Balaban J connectivity index is 2.52. The number of rotatable bonds is 3. The molecule has 0 aromatic carbocycles. The summed E-state index contributed by atoms with van der Waals surface area (Å²) in [5.74, 6) is -1.14. The monoisotopic (exact) mass is 297 g/mol. The summed E-state index contributed by atoms with van der Waals surface area (Å²) in [6.07, 6.45) is 1.25. The number of carbonyl (C=O) groups excluding carboxylic acids is 2. The molecule has 2 heterocycles. The van der Waals surface area contributed by atoms with Crippen molar-refractivity contribution >= 4 is 34.8 Å². The van der Waals surface area contributed by atoms with Crippen LogP contribution in [0.3, 0.4) is 0 Å². The van der Waals surface area contributed by atoms with Crippen LogP contribution in [0.15, 0.2) is 17.6 Å². The Kier molecular flexibility index (Phi) is 3.77. The fraction of sp³-hybridized carbons (Fsp3) is 0.0909. The molecular formula is C11H8ClN3O3S. The molecule has 0 spiro atoms. The zero-order valence-corrected chi connectivity index (χ0v) is 11.3. The molecule has 19 heavy (non-hydrogen) atoms. The molecule has 1 amide bonds. The third kappa shape index (κ3) is 2.72. The average Bonchev–Trinajstić information content (AvgIpc) is 2.86. The molecule has 2 N–H and O–H groups in total. The molecule has 0 saturated heterocycles. The summed E-state index contributed by atoms with van der Waals surface area (Å²) in [5, 5.41) is 1.59. The van der Waals surface area contributed by atoms with Gasteiger partial charge in [-0.2, -0.15) is 0 Å². The number of carbonyl (C=O) groups is 2. The first kappa shape index (κ1) is 13.4. The lowest BCUT2D eigenvalue weighted by molar-refractivity contribution is 0.0601. The maximum absolute atomic E-state index is 11.4. The first-order chi connectivity index (χ1) is 9.02. The van der Waals surface area contributed by atoms with Gasteiger partial charge in [0.05, 0.1) is 28.8 Å². The van der Waals surface area contributed by atoms with Crippen molar-refractivity contribution < 1.29 is 14.3 Å². The van der Waals surface area contributed by atoms with Crippen LogP contribution in [0.5, 0.6) is 0 Å². The molecule has 98 valence electrons. The van der Waals surface area contributed by atoms with E-state index in [0.29, 0.717) is 16.1 Å². The number of aromatic nitrogens is 2. The molecule has 2 rings (SSSR count). The van der Waals surface area contributed by atoms with E-state index in [0.717, 1.165) is 0 Å². The van der Waals surface area contributed by atoms with Gasteiger partial charge in [0.1, 0.15) is 0 Å². The summed E-state index contributed by atoms with van der Waals surface area (Å²) in [6.45, 7) is 0. The molecule has 0 aliphatic heterocycles. The highest BCUT2D eigenvalue weighted by molar-refractivity contribution is 7.13. The van der Waals surface area contributed by atoms with Crippen LogP contribution in [0.1, 0.15) is 20.7 Å². The molecule has 0 aliphatic carbocycles. The van der Waals surface area contributed by atoms with Gasteiger partial charge in [-0.25, -0.2) is 14.8 Å². The summed E-state index contributed by atoms with van der Waals surface area (Å²) in [5.41, 5.74) is 6.05. The maximum Gasteiger partial charge on any atom is 0.338 e. The Morgan fingerprint density at radius 3 is 2.84 bits per heavy atom. The van der Waals surface area contributed by atoms with E-state index in [2.05, 4.69) is 14.7 Å². The number of esters is 1. The minimum Gasteiger partial charge on any atom is -0.465 e. The highest BCUT2D eigenvalue weighted by Crippen LogP contribution is 2.29. The highest BCUT2D eigenvalue weighted by atomic mass is 35.5. The zero-order chi connectivity index (χ0) is 14.0. The number of hydrogen-bond acceptors (Lipinski definition) is 6. The molecule has 0 aliphatic rings. The second-order valence-electron chi connectivity index (χ2n) is 3.46. The molecule has 2 aromatic rings. The number of nitrogens with zero attached hydrogens (tertiary/aromatic N) is 2. The predicted molar refractivity (Wildman–Crippen MR) is 70.2 cm³/mol.